The molecular formula is C13H17Cl2N. The number of hydrogen-bond acceptors (Lipinski definition) is 1. The minimum atomic E-state index is 0.546. The van der Waals surface area contributed by atoms with E-state index in [1.807, 2.05) is 18.2 Å². The first-order valence-electron chi connectivity index (χ1n) is 5.73. The second-order valence-electron chi connectivity index (χ2n) is 4.75. The fourth-order valence-electron chi connectivity index (χ4n) is 2.55. The molecular weight excluding hydrogens is 241 g/mol. The molecule has 0 radical (unpaired) electrons. The van der Waals surface area contributed by atoms with Gasteiger partial charge < -0.3 is 4.90 Å². The van der Waals surface area contributed by atoms with Gasteiger partial charge in [0.15, 0.2) is 0 Å². The maximum absolute atomic E-state index is 6.07. The summed E-state index contributed by atoms with van der Waals surface area (Å²) in [6, 6.07) is 6.55. The highest BCUT2D eigenvalue weighted by Crippen LogP contribution is 2.33. The van der Waals surface area contributed by atoms with Crippen LogP contribution < -0.4 is 4.90 Å². The molecule has 2 rings (SSSR count). The summed E-state index contributed by atoms with van der Waals surface area (Å²) in [4.78, 5) is 2.42. The molecule has 0 N–H and O–H groups in total. The molecule has 1 aliphatic rings. The predicted molar refractivity (Wildman–Crippen MR) is 71.6 cm³/mol. The second kappa shape index (κ2) is 4.85. The van der Waals surface area contributed by atoms with Crippen molar-refractivity contribution in [3.05, 3.63) is 28.8 Å². The Morgan fingerprint density at radius 1 is 1.38 bits per heavy atom. The van der Waals surface area contributed by atoms with Gasteiger partial charge in [-0.15, -0.1) is 11.6 Å². The summed E-state index contributed by atoms with van der Waals surface area (Å²) in [7, 11) is 0. The van der Waals surface area contributed by atoms with Gasteiger partial charge in [0.05, 0.1) is 0 Å². The molecule has 2 atom stereocenters. The Labute approximate surface area is 107 Å². The van der Waals surface area contributed by atoms with Gasteiger partial charge in [-0.25, -0.2) is 0 Å². The molecule has 0 saturated carbocycles. The zero-order chi connectivity index (χ0) is 11.7. The van der Waals surface area contributed by atoms with E-state index in [0.29, 0.717) is 11.9 Å². The van der Waals surface area contributed by atoms with Crippen LogP contribution >= 0.6 is 23.2 Å². The standard InChI is InChI=1S/C13H17Cl2N/c1-9-5-10(2)16(8-9)13-6-12(15)4-3-11(13)7-14/h3-4,6,9-10H,5,7-8H2,1-2H3. The third-order valence-electron chi connectivity index (χ3n) is 3.28. The van der Waals surface area contributed by atoms with E-state index in [2.05, 4.69) is 18.7 Å². The molecule has 16 heavy (non-hydrogen) atoms. The summed E-state index contributed by atoms with van der Waals surface area (Å²) in [5, 5.41) is 0.788. The van der Waals surface area contributed by atoms with Crippen LogP contribution in [0.25, 0.3) is 0 Å². The minimum Gasteiger partial charge on any atom is -0.368 e. The SMILES string of the molecule is CC1CC(C)N(c2cc(Cl)ccc2CCl)C1. The summed E-state index contributed by atoms with van der Waals surface area (Å²) in [5.41, 5.74) is 2.38. The number of nitrogens with zero attached hydrogens (tertiary/aromatic N) is 1. The van der Waals surface area contributed by atoms with Crippen LogP contribution in [0.15, 0.2) is 18.2 Å². The lowest BCUT2D eigenvalue weighted by molar-refractivity contribution is 0.625. The van der Waals surface area contributed by atoms with Crippen molar-refractivity contribution in [2.45, 2.75) is 32.2 Å². The van der Waals surface area contributed by atoms with Crippen LogP contribution in [-0.2, 0) is 5.88 Å². The lowest BCUT2D eigenvalue weighted by Crippen LogP contribution is -2.27. The third-order valence-corrected chi connectivity index (χ3v) is 3.81. The van der Waals surface area contributed by atoms with Gasteiger partial charge in [0.2, 0.25) is 0 Å². The fourth-order valence-corrected chi connectivity index (χ4v) is 2.95. The topological polar surface area (TPSA) is 3.24 Å². The van der Waals surface area contributed by atoms with Crippen molar-refractivity contribution in [3.63, 3.8) is 0 Å². The molecule has 0 aliphatic carbocycles. The van der Waals surface area contributed by atoms with Crippen molar-refractivity contribution >= 4 is 28.9 Å². The molecule has 1 aliphatic heterocycles. The first-order chi connectivity index (χ1) is 7.61. The van der Waals surface area contributed by atoms with Gasteiger partial charge >= 0.3 is 0 Å². The van der Waals surface area contributed by atoms with Gasteiger partial charge in [-0.2, -0.15) is 0 Å². The Morgan fingerprint density at radius 2 is 2.12 bits per heavy atom. The fraction of sp³-hybridized carbons (Fsp3) is 0.538. The first kappa shape index (κ1) is 12.1. The molecule has 2 unspecified atom stereocenters. The number of benzene rings is 1. The van der Waals surface area contributed by atoms with Gasteiger partial charge in [-0.1, -0.05) is 24.6 Å². The van der Waals surface area contributed by atoms with Gasteiger partial charge in [0.1, 0.15) is 0 Å². The van der Waals surface area contributed by atoms with E-state index in [0.717, 1.165) is 17.5 Å². The molecule has 1 heterocycles. The molecule has 0 spiro atoms. The highest BCUT2D eigenvalue weighted by molar-refractivity contribution is 6.31. The largest absolute Gasteiger partial charge is 0.368 e. The maximum atomic E-state index is 6.07. The van der Waals surface area contributed by atoms with Gasteiger partial charge in [0, 0.05) is 29.2 Å². The van der Waals surface area contributed by atoms with Crippen molar-refractivity contribution in [2.24, 2.45) is 5.92 Å². The number of halogens is 2. The molecule has 0 amide bonds. The zero-order valence-corrected chi connectivity index (χ0v) is 11.2. The smallest absolute Gasteiger partial charge is 0.0494 e. The van der Waals surface area contributed by atoms with Crippen LogP contribution in [0.1, 0.15) is 25.8 Å². The van der Waals surface area contributed by atoms with Crippen LogP contribution in [0.3, 0.4) is 0 Å². The Morgan fingerprint density at radius 3 is 2.69 bits per heavy atom. The van der Waals surface area contributed by atoms with Crippen LogP contribution in [0, 0.1) is 5.92 Å². The van der Waals surface area contributed by atoms with Crippen molar-refractivity contribution in [2.75, 3.05) is 11.4 Å². The number of anilines is 1. The molecule has 1 nitrogen and oxygen atoms in total. The van der Waals surface area contributed by atoms with E-state index < -0.39 is 0 Å². The lowest BCUT2D eigenvalue weighted by atomic mass is 10.1. The van der Waals surface area contributed by atoms with Crippen LogP contribution in [0.2, 0.25) is 5.02 Å². The summed E-state index contributed by atoms with van der Waals surface area (Å²) in [6.07, 6.45) is 1.24. The molecule has 88 valence electrons. The van der Waals surface area contributed by atoms with Crippen molar-refractivity contribution < 1.29 is 0 Å². The van der Waals surface area contributed by atoms with Gasteiger partial charge in [-0.05, 0) is 37.0 Å². The van der Waals surface area contributed by atoms with Gasteiger partial charge in [-0.3, -0.25) is 0 Å². The van der Waals surface area contributed by atoms with E-state index in [-0.39, 0.29) is 0 Å². The molecule has 0 aromatic heterocycles. The zero-order valence-electron chi connectivity index (χ0n) is 9.71. The summed E-state index contributed by atoms with van der Waals surface area (Å²) in [6.45, 7) is 5.66. The van der Waals surface area contributed by atoms with Crippen LogP contribution in [0.5, 0.6) is 0 Å². The van der Waals surface area contributed by atoms with Gasteiger partial charge in [0.25, 0.3) is 0 Å². The van der Waals surface area contributed by atoms with E-state index in [1.54, 1.807) is 0 Å². The summed E-state index contributed by atoms with van der Waals surface area (Å²) < 4.78 is 0. The quantitative estimate of drug-likeness (QED) is 0.714. The highest BCUT2D eigenvalue weighted by Gasteiger charge is 2.27. The molecule has 3 heteroatoms. The summed E-state index contributed by atoms with van der Waals surface area (Å²) in [5.74, 6) is 1.29. The van der Waals surface area contributed by atoms with Crippen LogP contribution in [0.4, 0.5) is 5.69 Å². The number of alkyl halides is 1. The van der Waals surface area contributed by atoms with Crippen molar-refractivity contribution in [1.29, 1.82) is 0 Å². The third kappa shape index (κ3) is 2.31. The molecule has 1 aromatic rings. The monoisotopic (exact) mass is 257 g/mol. The van der Waals surface area contributed by atoms with E-state index in [9.17, 15) is 0 Å². The minimum absolute atomic E-state index is 0.546. The van der Waals surface area contributed by atoms with Crippen molar-refractivity contribution in [1.82, 2.24) is 0 Å². The molecule has 1 aromatic carbocycles. The number of hydrogen-bond donors (Lipinski definition) is 0. The second-order valence-corrected chi connectivity index (χ2v) is 5.45. The Hall–Kier alpha value is -0.400. The van der Waals surface area contributed by atoms with Crippen molar-refractivity contribution in [3.8, 4) is 0 Å². The molecule has 0 bridgehead atoms. The lowest BCUT2D eigenvalue weighted by Gasteiger charge is -2.26. The van der Waals surface area contributed by atoms with E-state index >= 15 is 0 Å². The number of rotatable bonds is 2. The molecule has 1 fully saturated rings. The highest BCUT2D eigenvalue weighted by atomic mass is 35.5. The van der Waals surface area contributed by atoms with E-state index in [1.165, 1.54) is 17.7 Å². The Kier molecular flexibility index (Phi) is 3.66. The van der Waals surface area contributed by atoms with Crippen LogP contribution in [-0.4, -0.2) is 12.6 Å². The predicted octanol–water partition coefficient (Wildman–Crippen LogP) is 4.31. The normalized spacial score (nSPS) is 25.1. The average molecular weight is 258 g/mol. The average Bonchev–Trinajstić information content (AvgIpc) is 2.57. The first-order valence-corrected chi connectivity index (χ1v) is 6.64. The Bertz CT molecular complexity index is 378. The maximum Gasteiger partial charge on any atom is 0.0494 e. The Balaban J connectivity index is 2.35. The summed E-state index contributed by atoms with van der Waals surface area (Å²) >= 11 is 12.0. The van der Waals surface area contributed by atoms with E-state index in [4.69, 9.17) is 23.2 Å². The molecule has 1 saturated heterocycles.